The summed E-state index contributed by atoms with van der Waals surface area (Å²) in [7, 11) is 0. The third-order valence-corrected chi connectivity index (χ3v) is 2.28. The first kappa shape index (κ1) is 8.76. The number of hydrogen-bond acceptors (Lipinski definition) is 2. The predicted molar refractivity (Wildman–Crippen MR) is 54.0 cm³/mol. The molecular weight excluding hydrogens is 174 g/mol. The van der Waals surface area contributed by atoms with Gasteiger partial charge in [-0.1, -0.05) is 13.8 Å². The van der Waals surface area contributed by atoms with Gasteiger partial charge in [-0.25, -0.2) is 4.98 Å². The molecule has 0 amide bonds. The Hall–Kier alpha value is -1.82. The summed E-state index contributed by atoms with van der Waals surface area (Å²) in [5, 5.41) is 8.88. The molecule has 3 heteroatoms. The highest BCUT2D eigenvalue weighted by Crippen LogP contribution is 2.17. The quantitative estimate of drug-likeness (QED) is 0.684. The molecule has 0 fully saturated rings. The lowest BCUT2D eigenvalue weighted by Crippen LogP contribution is -1.95. The van der Waals surface area contributed by atoms with Crippen molar-refractivity contribution in [3.05, 3.63) is 35.8 Å². The van der Waals surface area contributed by atoms with Gasteiger partial charge in [0.05, 0.1) is 5.56 Å². The predicted octanol–water partition coefficient (Wildman–Crippen LogP) is 2.33. The van der Waals surface area contributed by atoms with E-state index in [0.29, 0.717) is 11.5 Å². The van der Waals surface area contributed by atoms with Gasteiger partial charge in [-0.05, 0) is 18.1 Å². The molecule has 3 nitrogen and oxygen atoms in total. The van der Waals surface area contributed by atoms with E-state index >= 15 is 0 Å². The summed E-state index contributed by atoms with van der Waals surface area (Å²) in [5.74, 6) is 0.416. The second-order valence-corrected chi connectivity index (χ2v) is 3.57. The van der Waals surface area contributed by atoms with Crippen LogP contribution in [0.4, 0.5) is 0 Å². The lowest BCUT2D eigenvalue weighted by Gasteiger charge is -2.04. The van der Waals surface area contributed by atoms with Gasteiger partial charge in [-0.3, -0.25) is 0 Å². The molecule has 0 aliphatic rings. The molecule has 0 aromatic carbocycles. The number of pyridine rings is 1. The summed E-state index contributed by atoms with van der Waals surface area (Å²) in [5.41, 5.74) is 2.51. The first-order chi connectivity index (χ1) is 6.74. The number of nitrogens with zero attached hydrogens (tertiary/aromatic N) is 3. The van der Waals surface area contributed by atoms with Crippen molar-refractivity contribution in [3.8, 4) is 6.07 Å². The zero-order valence-electron chi connectivity index (χ0n) is 8.23. The van der Waals surface area contributed by atoms with E-state index in [9.17, 15) is 0 Å². The molecule has 14 heavy (non-hydrogen) atoms. The molecule has 0 aliphatic carbocycles. The summed E-state index contributed by atoms with van der Waals surface area (Å²) >= 11 is 0. The van der Waals surface area contributed by atoms with E-state index < -0.39 is 0 Å². The van der Waals surface area contributed by atoms with Crippen LogP contribution in [0.2, 0.25) is 0 Å². The zero-order valence-corrected chi connectivity index (χ0v) is 8.23. The summed E-state index contributed by atoms with van der Waals surface area (Å²) in [6.45, 7) is 4.23. The Labute approximate surface area is 82.6 Å². The van der Waals surface area contributed by atoms with Crippen molar-refractivity contribution in [1.82, 2.24) is 9.38 Å². The van der Waals surface area contributed by atoms with Gasteiger partial charge in [0.2, 0.25) is 0 Å². The molecular formula is C11H11N3. The molecule has 0 atom stereocenters. The topological polar surface area (TPSA) is 41.1 Å². The Morgan fingerprint density at radius 1 is 1.50 bits per heavy atom. The highest BCUT2D eigenvalue weighted by atomic mass is 15.0. The van der Waals surface area contributed by atoms with Crippen LogP contribution in [-0.2, 0) is 0 Å². The Kier molecular flexibility index (Phi) is 1.97. The second kappa shape index (κ2) is 3.15. The standard InChI is InChI=1S/C11H11N3/c1-8(2)10-7-13-11-9(6-12)4-3-5-14(10)11/h3-5,7-8H,1-2H3. The maximum Gasteiger partial charge on any atom is 0.154 e. The molecule has 0 N–H and O–H groups in total. The van der Waals surface area contributed by atoms with Crippen LogP contribution in [0.25, 0.3) is 5.65 Å². The Morgan fingerprint density at radius 3 is 2.93 bits per heavy atom. The molecule has 0 spiro atoms. The summed E-state index contributed by atoms with van der Waals surface area (Å²) < 4.78 is 1.98. The molecule has 0 radical (unpaired) electrons. The number of fused-ring (bicyclic) bond motifs is 1. The first-order valence-electron chi connectivity index (χ1n) is 4.60. The van der Waals surface area contributed by atoms with E-state index in [2.05, 4.69) is 24.9 Å². The summed E-state index contributed by atoms with van der Waals surface area (Å²) in [6, 6.07) is 5.80. The highest BCUT2D eigenvalue weighted by Gasteiger charge is 2.08. The largest absolute Gasteiger partial charge is 0.303 e. The Balaban J connectivity index is 2.77. The van der Waals surface area contributed by atoms with Crippen molar-refractivity contribution >= 4 is 5.65 Å². The third-order valence-electron chi connectivity index (χ3n) is 2.28. The Bertz CT molecular complexity index is 503. The highest BCUT2D eigenvalue weighted by molar-refractivity contribution is 5.55. The van der Waals surface area contributed by atoms with E-state index in [0.717, 1.165) is 11.3 Å². The van der Waals surface area contributed by atoms with E-state index in [-0.39, 0.29) is 0 Å². The van der Waals surface area contributed by atoms with Gasteiger partial charge < -0.3 is 4.40 Å². The Morgan fingerprint density at radius 2 is 2.29 bits per heavy atom. The van der Waals surface area contributed by atoms with E-state index in [1.54, 1.807) is 6.07 Å². The number of hydrogen-bond donors (Lipinski definition) is 0. The minimum atomic E-state index is 0.416. The van der Waals surface area contributed by atoms with Crippen molar-refractivity contribution in [2.75, 3.05) is 0 Å². The molecule has 2 aromatic heterocycles. The van der Waals surface area contributed by atoms with Crippen LogP contribution in [0.3, 0.4) is 0 Å². The lowest BCUT2D eigenvalue weighted by atomic mass is 10.1. The van der Waals surface area contributed by atoms with Gasteiger partial charge in [0.1, 0.15) is 6.07 Å². The average Bonchev–Trinajstić information content (AvgIpc) is 2.60. The molecule has 0 saturated carbocycles. The fraction of sp³-hybridized carbons (Fsp3) is 0.273. The molecule has 0 unspecified atom stereocenters. The fourth-order valence-electron chi connectivity index (χ4n) is 1.54. The number of rotatable bonds is 1. The third kappa shape index (κ3) is 1.16. The van der Waals surface area contributed by atoms with Gasteiger partial charge in [-0.2, -0.15) is 5.26 Å². The van der Waals surface area contributed by atoms with Crippen LogP contribution in [-0.4, -0.2) is 9.38 Å². The van der Waals surface area contributed by atoms with Gasteiger partial charge in [0, 0.05) is 18.1 Å². The van der Waals surface area contributed by atoms with E-state index in [1.165, 1.54) is 0 Å². The lowest BCUT2D eigenvalue weighted by molar-refractivity contribution is 0.808. The van der Waals surface area contributed by atoms with Crippen molar-refractivity contribution in [3.63, 3.8) is 0 Å². The SMILES string of the molecule is CC(C)c1cnc2c(C#N)cccn12. The van der Waals surface area contributed by atoms with Crippen LogP contribution in [0.15, 0.2) is 24.5 Å². The molecule has 2 aromatic rings. The maximum atomic E-state index is 8.88. The molecule has 0 aliphatic heterocycles. The van der Waals surface area contributed by atoms with Gasteiger partial charge in [0.15, 0.2) is 5.65 Å². The van der Waals surface area contributed by atoms with Crippen molar-refractivity contribution < 1.29 is 0 Å². The number of imidazole rings is 1. The fourth-order valence-corrected chi connectivity index (χ4v) is 1.54. The number of aromatic nitrogens is 2. The molecule has 0 bridgehead atoms. The minimum absolute atomic E-state index is 0.416. The van der Waals surface area contributed by atoms with Crippen LogP contribution < -0.4 is 0 Å². The molecule has 70 valence electrons. The van der Waals surface area contributed by atoms with Gasteiger partial charge in [0.25, 0.3) is 0 Å². The molecule has 2 rings (SSSR count). The zero-order chi connectivity index (χ0) is 10.1. The van der Waals surface area contributed by atoms with Crippen molar-refractivity contribution in [2.45, 2.75) is 19.8 Å². The first-order valence-corrected chi connectivity index (χ1v) is 4.60. The van der Waals surface area contributed by atoms with Crippen LogP contribution >= 0.6 is 0 Å². The summed E-state index contributed by atoms with van der Waals surface area (Å²) in [4.78, 5) is 4.25. The normalized spacial score (nSPS) is 10.7. The summed E-state index contributed by atoms with van der Waals surface area (Å²) in [6.07, 6.45) is 3.78. The van der Waals surface area contributed by atoms with Crippen LogP contribution in [0, 0.1) is 11.3 Å². The van der Waals surface area contributed by atoms with Crippen LogP contribution in [0.5, 0.6) is 0 Å². The van der Waals surface area contributed by atoms with E-state index in [1.807, 2.05) is 22.9 Å². The number of nitriles is 1. The van der Waals surface area contributed by atoms with Crippen molar-refractivity contribution in [2.24, 2.45) is 0 Å². The van der Waals surface area contributed by atoms with Crippen molar-refractivity contribution in [1.29, 1.82) is 5.26 Å². The van der Waals surface area contributed by atoms with E-state index in [4.69, 9.17) is 5.26 Å². The molecule has 2 heterocycles. The van der Waals surface area contributed by atoms with Gasteiger partial charge in [-0.15, -0.1) is 0 Å². The average molecular weight is 185 g/mol. The van der Waals surface area contributed by atoms with Gasteiger partial charge >= 0.3 is 0 Å². The monoisotopic (exact) mass is 185 g/mol. The smallest absolute Gasteiger partial charge is 0.154 e. The minimum Gasteiger partial charge on any atom is -0.303 e. The molecule has 0 saturated heterocycles. The second-order valence-electron chi connectivity index (χ2n) is 3.57. The van der Waals surface area contributed by atoms with Crippen LogP contribution in [0.1, 0.15) is 31.0 Å². The maximum absolute atomic E-state index is 8.88.